The molecule has 2 rings (SSSR count). The van der Waals surface area contributed by atoms with Crippen molar-refractivity contribution in [1.29, 1.82) is 0 Å². The first-order chi connectivity index (χ1) is 10.4. The number of halogens is 1. The lowest BCUT2D eigenvalue weighted by atomic mass is 9.99. The predicted molar refractivity (Wildman–Crippen MR) is 85.7 cm³/mol. The van der Waals surface area contributed by atoms with E-state index in [1.165, 1.54) is 17.5 Å². The number of ether oxygens (including phenoxy) is 1. The van der Waals surface area contributed by atoms with Gasteiger partial charge < -0.3 is 4.74 Å². The minimum absolute atomic E-state index is 0.219. The summed E-state index contributed by atoms with van der Waals surface area (Å²) in [6, 6.07) is 7.03. The van der Waals surface area contributed by atoms with Crippen LogP contribution in [0, 0.1) is 5.92 Å². The molecule has 0 aliphatic carbocycles. The first kappa shape index (κ1) is 17.0. The molecule has 1 aromatic carbocycles. The van der Waals surface area contributed by atoms with E-state index in [1.54, 1.807) is 24.3 Å². The number of rotatable bonds is 4. The fraction of sp³-hybridized carbons (Fsp3) is 0.400. The molecule has 0 atom stereocenters. The number of benzene rings is 1. The highest BCUT2D eigenvalue weighted by Gasteiger charge is 2.30. The first-order valence-corrected chi connectivity index (χ1v) is 8.83. The van der Waals surface area contributed by atoms with Gasteiger partial charge in [-0.15, -0.1) is 0 Å². The van der Waals surface area contributed by atoms with Gasteiger partial charge in [-0.1, -0.05) is 29.8 Å². The molecule has 1 aliphatic rings. The number of piperidine rings is 1. The van der Waals surface area contributed by atoms with Crippen LogP contribution in [-0.2, 0) is 19.6 Å². The molecule has 1 saturated heterocycles. The van der Waals surface area contributed by atoms with Crippen LogP contribution in [0.2, 0.25) is 5.02 Å². The van der Waals surface area contributed by atoms with Gasteiger partial charge in [0.1, 0.15) is 0 Å². The zero-order valence-electron chi connectivity index (χ0n) is 12.2. The third-order valence-electron chi connectivity index (χ3n) is 3.67. The van der Waals surface area contributed by atoms with Crippen LogP contribution in [0.1, 0.15) is 18.4 Å². The third-order valence-corrected chi connectivity index (χ3v) is 5.58. The number of esters is 1. The molecule has 22 heavy (non-hydrogen) atoms. The molecular weight excluding hydrogens is 326 g/mol. The highest BCUT2D eigenvalue weighted by Crippen LogP contribution is 2.22. The maximum atomic E-state index is 12.3. The van der Waals surface area contributed by atoms with Gasteiger partial charge in [-0.25, -0.2) is 8.42 Å². The topological polar surface area (TPSA) is 63.7 Å². The average Bonchev–Trinajstić information content (AvgIpc) is 2.53. The van der Waals surface area contributed by atoms with Crippen molar-refractivity contribution in [2.75, 3.05) is 20.2 Å². The summed E-state index contributed by atoms with van der Waals surface area (Å²) < 4.78 is 30.7. The van der Waals surface area contributed by atoms with E-state index in [2.05, 4.69) is 0 Å². The molecule has 0 bridgehead atoms. The molecule has 0 aromatic heterocycles. The normalized spacial score (nSPS) is 17.7. The Balaban J connectivity index is 2.03. The second kappa shape index (κ2) is 7.26. The van der Waals surface area contributed by atoms with Crippen molar-refractivity contribution in [2.45, 2.75) is 12.8 Å². The lowest BCUT2D eigenvalue weighted by Gasteiger charge is -2.28. The number of carbonyl (C=O) groups excluding carboxylic acids is 1. The van der Waals surface area contributed by atoms with E-state index in [1.807, 2.05) is 0 Å². The highest BCUT2D eigenvalue weighted by molar-refractivity contribution is 7.92. The average molecular weight is 344 g/mol. The Morgan fingerprint density at radius 2 is 1.95 bits per heavy atom. The van der Waals surface area contributed by atoms with Crippen molar-refractivity contribution in [1.82, 2.24) is 4.31 Å². The molecule has 1 heterocycles. The van der Waals surface area contributed by atoms with Crippen molar-refractivity contribution in [3.8, 4) is 0 Å². The van der Waals surface area contributed by atoms with Crippen LogP contribution in [0.4, 0.5) is 0 Å². The molecular formula is C15H18ClNO4S. The number of sulfonamides is 1. The summed E-state index contributed by atoms with van der Waals surface area (Å²) in [4.78, 5) is 11.5. The minimum Gasteiger partial charge on any atom is -0.469 e. The molecule has 0 saturated carbocycles. The van der Waals surface area contributed by atoms with Gasteiger partial charge in [0.15, 0.2) is 0 Å². The van der Waals surface area contributed by atoms with E-state index < -0.39 is 10.0 Å². The first-order valence-electron chi connectivity index (χ1n) is 6.94. The summed E-state index contributed by atoms with van der Waals surface area (Å²) in [6.45, 7) is 0.629. The Labute approximate surface area is 135 Å². The van der Waals surface area contributed by atoms with Crippen LogP contribution in [0.5, 0.6) is 0 Å². The van der Waals surface area contributed by atoms with Gasteiger partial charge in [0, 0.05) is 23.5 Å². The van der Waals surface area contributed by atoms with Gasteiger partial charge in [0.25, 0.3) is 0 Å². The Morgan fingerprint density at radius 3 is 2.55 bits per heavy atom. The van der Waals surface area contributed by atoms with E-state index in [0.29, 0.717) is 36.5 Å². The molecule has 120 valence electrons. The summed E-state index contributed by atoms with van der Waals surface area (Å²) >= 11 is 6.00. The summed E-state index contributed by atoms with van der Waals surface area (Å²) in [6.07, 6.45) is 2.45. The Hall–Kier alpha value is -1.37. The highest BCUT2D eigenvalue weighted by atomic mass is 35.5. The fourth-order valence-electron chi connectivity index (χ4n) is 2.37. The Bertz CT molecular complexity index is 664. The largest absolute Gasteiger partial charge is 0.469 e. The van der Waals surface area contributed by atoms with Crippen molar-refractivity contribution in [2.24, 2.45) is 5.92 Å². The van der Waals surface area contributed by atoms with Crippen LogP contribution in [0.15, 0.2) is 29.7 Å². The molecule has 0 amide bonds. The maximum absolute atomic E-state index is 12.3. The van der Waals surface area contributed by atoms with Gasteiger partial charge in [-0.2, -0.15) is 4.31 Å². The van der Waals surface area contributed by atoms with E-state index in [-0.39, 0.29) is 11.9 Å². The summed E-state index contributed by atoms with van der Waals surface area (Å²) in [5.74, 6) is -0.493. The quantitative estimate of drug-likeness (QED) is 0.788. The molecule has 7 heteroatoms. The molecule has 0 spiro atoms. The molecule has 1 fully saturated rings. The Morgan fingerprint density at radius 1 is 1.32 bits per heavy atom. The fourth-order valence-corrected chi connectivity index (χ4v) is 3.78. The van der Waals surface area contributed by atoms with Crippen LogP contribution in [-0.4, -0.2) is 38.9 Å². The van der Waals surface area contributed by atoms with Crippen molar-refractivity contribution in [3.63, 3.8) is 0 Å². The van der Waals surface area contributed by atoms with E-state index in [0.717, 1.165) is 5.41 Å². The van der Waals surface area contributed by atoms with E-state index in [9.17, 15) is 13.2 Å². The van der Waals surface area contributed by atoms with Gasteiger partial charge in [-0.3, -0.25) is 4.79 Å². The lowest BCUT2D eigenvalue weighted by Crippen LogP contribution is -2.39. The summed E-state index contributed by atoms with van der Waals surface area (Å²) in [5.41, 5.74) is 0.650. The third kappa shape index (κ3) is 4.09. The molecule has 5 nitrogen and oxygen atoms in total. The predicted octanol–water partition coefficient (Wildman–Crippen LogP) is 2.53. The van der Waals surface area contributed by atoms with Gasteiger partial charge in [0.2, 0.25) is 10.0 Å². The Kier molecular flexibility index (Phi) is 5.61. The number of hydrogen-bond acceptors (Lipinski definition) is 4. The van der Waals surface area contributed by atoms with Gasteiger partial charge in [0.05, 0.1) is 13.0 Å². The van der Waals surface area contributed by atoms with E-state index in [4.69, 9.17) is 16.3 Å². The van der Waals surface area contributed by atoms with Crippen molar-refractivity contribution >= 4 is 33.7 Å². The summed E-state index contributed by atoms with van der Waals surface area (Å²) in [7, 11) is -2.17. The smallest absolute Gasteiger partial charge is 0.308 e. The molecule has 1 aliphatic heterocycles. The van der Waals surface area contributed by atoms with Crippen LogP contribution >= 0.6 is 11.6 Å². The monoisotopic (exact) mass is 343 g/mol. The molecule has 0 N–H and O–H groups in total. The zero-order chi connectivity index (χ0) is 16.2. The van der Waals surface area contributed by atoms with E-state index >= 15 is 0 Å². The van der Waals surface area contributed by atoms with Gasteiger partial charge >= 0.3 is 5.97 Å². The SMILES string of the molecule is COC(=O)C1CCN(S(=O)(=O)/C=C\c2ccccc2Cl)CC1. The summed E-state index contributed by atoms with van der Waals surface area (Å²) in [5, 5.41) is 1.66. The number of carbonyl (C=O) groups is 1. The molecule has 0 radical (unpaired) electrons. The second-order valence-electron chi connectivity index (χ2n) is 5.07. The van der Waals surface area contributed by atoms with Gasteiger partial charge in [-0.05, 0) is 30.5 Å². The number of methoxy groups -OCH3 is 1. The number of hydrogen-bond donors (Lipinski definition) is 0. The number of nitrogens with zero attached hydrogens (tertiary/aromatic N) is 1. The van der Waals surface area contributed by atoms with Crippen molar-refractivity contribution in [3.05, 3.63) is 40.3 Å². The standard InChI is InChI=1S/C15H18ClNO4S/c1-21-15(18)13-6-9-17(10-7-13)22(19,20)11-8-12-4-2-3-5-14(12)16/h2-5,8,11,13H,6-7,9-10H2,1H3/b11-8-. The second-order valence-corrected chi connectivity index (χ2v) is 7.29. The van der Waals surface area contributed by atoms with Crippen LogP contribution in [0.25, 0.3) is 6.08 Å². The van der Waals surface area contributed by atoms with Crippen LogP contribution in [0.3, 0.4) is 0 Å². The molecule has 1 aromatic rings. The molecule has 0 unspecified atom stereocenters. The van der Waals surface area contributed by atoms with Crippen LogP contribution < -0.4 is 0 Å². The lowest BCUT2D eigenvalue weighted by molar-refractivity contribution is -0.146. The van der Waals surface area contributed by atoms with Crippen molar-refractivity contribution < 1.29 is 17.9 Å². The maximum Gasteiger partial charge on any atom is 0.308 e. The zero-order valence-corrected chi connectivity index (χ0v) is 13.8. The minimum atomic E-state index is -3.51.